The first-order valence-corrected chi connectivity index (χ1v) is 13.7. The lowest BCUT2D eigenvalue weighted by Gasteiger charge is -2.18. The summed E-state index contributed by atoms with van der Waals surface area (Å²) in [7, 11) is 0. The van der Waals surface area contributed by atoms with Crippen molar-refractivity contribution in [3.63, 3.8) is 0 Å². The molecule has 2 amide bonds. The van der Waals surface area contributed by atoms with Gasteiger partial charge in [-0.25, -0.2) is 9.47 Å². The van der Waals surface area contributed by atoms with E-state index in [1.807, 2.05) is 13.8 Å². The van der Waals surface area contributed by atoms with E-state index in [1.165, 1.54) is 28.9 Å². The molecule has 0 aliphatic heterocycles. The minimum absolute atomic E-state index is 0.0175. The molecule has 0 aliphatic carbocycles. The summed E-state index contributed by atoms with van der Waals surface area (Å²) in [6.45, 7) is 5.21. The Bertz CT molecular complexity index is 1330. The van der Waals surface area contributed by atoms with Crippen LogP contribution >= 0.6 is 23.1 Å². The fourth-order valence-electron chi connectivity index (χ4n) is 3.56. The van der Waals surface area contributed by atoms with Gasteiger partial charge in [0.05, 0.1) is 22.8 Å². The Morgan fingerprint density at radius 1 is 1.15 bits per heavy atom. The molecule has 39 heavy (non-hydrogen) atoms. The Balaban J connectivity index is 1.75. The Morgan fingerprint density at radius 3 is 2.41 bits per heavy atom. The third-order valence-corrected chi connectivity index (χ3v) is 7.60. The summed E-state index contributed by atoms with van der Waals surface area (Å²) < 4.78 is 35.4. The molecular weight excluding hydrogens is 554 g/mol. The molecule has 0 saturated heterocycles. The van der Waals surface area contributed by atoms with Gasteiger partial charge in [0, 0.05) is 18.7 Å². The zero-order valence-electron chi connectivity index (χ0n) is 21.7. The van der Waals surface area contributed by atoms with Gasteiger partial charge < -0.3 is 25.5 Å². The molecule has 0 aliphatic rings. The summed E-state index contributed by atoms with van der Waals surface area (Å²) in [6.07, 6.45) is 0. The van der Waals surface area contributed by atoms with Gasteiger partial charge in [-0.15, -0.1) is 21.5 Å². The molecule has 0 fully saturated rings. The Kier molecular flexibility index (Phi) is 10.2. The van der Waals surface area contributed by atoms with Crippen LogP contribution in [0.4, 0.5) is 13.8 Å². The standard InChI is InChI=1S/C24H28F2N6O5S2/c1-5-31(6-2)21(34)18-13(4)17(22(35)36-7-3)20(39-18)28-16(33)12-38-24-30-29-19(32(24)27)14-8-10-15(11-9-14)37-23(25)26/h8-11,23H,5-7,12,27H2,1-4H3,(H,28,33). The Morgan fingerprint density at radius 2 is 1.82 bits per heavy atom. The second-order valence-corrected chi connectivity index (χ2v) is 9.84. The van der Waals surface area contributed by atoms with Gasteiger partial charge in [-0.1, -0.05) is 11.8 Å². The van der Waals surface area contributed by atoms with Gasteiger partial charge in [0.15, 0.2) is 5.82 Å². The van der Waals surface area contributed by atoms with Crippen molar-refractivity contribution in [2.75, 3.05) is 36.6 Å². The van der Waals surface area contributed by atoms with Gasteiger partial charge in [-0.2, -0.15) is 8.78 Å². The number of benzene rings is 1. The lowest BCUT2D eigenvalue weighted by molar-refractivity contribution is -0.113. The third-order valence-electron chi connectivity index (χ3n) is 5.46. The third kappa shape index (κ3) is 7.03. The van der Waals surface area contributed by atoms with Gasteiger partial charge >= 0.3 is 12.6 Å². The molecule has 11 nitrogen and oxygen atoms in total. The predicted octanol–water partition coefficient (Wildman–Crippen LogP) is 4.02. The molecule has 2 aromatic heterocycles. The van der Waals surface area contributed by atoms with E-state index < -0.39 is 18.5 Å². The second-order valence-electron chi connectivity index (χ2n) is 7.87. The van der Waals surface area contributed by atoms with E-state index in [0.29, 0.717) is 29.1 Å². The van der Waals surface area contributed by atoms with Crippen LogP contribution in [0.15, 0.2) is 29.4 Å². The lowest BCUT2D eigenvalue weighted by Crippen LogP contribution is -2.30. The largest absolute Gasteiger partial charge is 0.462 e. The number of halogens is 2. The van der Waals surface area contributed by atoms with E-state index in [1.54, 1.807) is 18.7 Å². The number of amides is 2. The summed E-state index contributed by atoms with van der Waals surface area (Å²) in [4.78, 5) is 40.5. The molecule has 0 unspecified atom stereocenters. The van der Waals surface area contributed by atoms with Crippen LogP contribution in [-0.4, -0.2) is 69.6 Å². The van der Waals surface area contributed by atoms with Gasteiger partial charge in [0.2, 0.25) is 11.1 Å². The van der Waals surface area contributed by atoms with Crippen molar-refractivity contribution in [2.24, 2.45) is 0 Å². The number of anilines is 1. The minimum Gasteiger partial charge on any atom is -0.462 e. The van der Waals surface area contributed by atoms with E-state index in [9.17, 15) is 23.2 Å². The number of hydrogen-bond donors (Lipinski definition) is 2. The van der Waals surface area contributed by atoms with Crippen LogP contribution in [0.1, 0.15) is 46.4 Å². The number of rotatable bonds is 12. The second kappa shape index (κ2) is 13.4. The monoisotopic (exact) mass is 582 g/mol. The first-order chi connectivity index (χ1) is 18.6. The van der Waals surface area contributed by atoms with Gasteiger partial charge in [-0.05, 0) is 57.5 Å². The summed E-state index contributed by atoms with van der Waals surface area (Å²) in [6, 6.07) is 5.69. The molecule has 15 heteroatoms. The molecule has 0 radical (unpaired) electrons. The van der Waals surface area contributed by atoms with Gasteiger partial charge in [-0.3, -0.25) is 9.59 Å². The molecule has 3 rings (SSSR count). The maximum Gasteiger partial charge on any atom is 0.387 e. The SMILES string of the molecule is CCOC(=O)c1c(NC(=O)CSc2nnc(-c3ccc(OC(F)F)cc3)n2N)sc(C(=O)N(CC)CC)c1C. The first kappa shape index (κ1) is 29.8. The van der Waals surface area contributed by atoms with Crippen molar-refractivity contribution < 1.29 is 32.6 Å². The quantitative estimate of drug-likeness (QED) is 0.184. The molecule has 0 bridgehead atoms. The number of ether oxygens (including phenoxy) is 2. The van der Waals surface area contributed by atoms with Gasteiger partial charge in [0.25, 0.3) is 5.91 Å². The number of thiophene rings is 1. The van der Waals surface area contributed by atoms with Crippen molar-refractivity contribution in [2.45, 2.75) is 39.5 Å². The molecule has 3 N–H and O–H groups in total. The van der Waals surface area contributed by atoms with Crippen LogP contribution in [0.3, 0.4) is 0 Å². The van der Waals surface area contributed by atoms with Crippen LogP contribution in [0.2, 0.25) is 0 Å². The molecule has 1 aromatic carbocycles. The number of nitrogens with two attached hydrogens (primary N) is 1. The normalized spacial score (nSPS) is 10.9. The zero-order valence-corrected chi connectivity index (χ0v) is 23.3. The number of nitrogens with zero attached hydrogens (tertiary/aromatic N) is 4. The smallest absolute Gasteiger partial charge is 0.387 e. The average Bonchev–Trinajstić information content (AvgIpc) is 3.42. The Hall–Kier alpha value is -3.72. The Labute approximate surface area is 231 Å². The van der Waals surface area contributed by atoms with Gasteiger partial charge in [0.1, 0.15) is 10.8 Å². The summed E-state index contributed by atoms with van der Waals surface area (Å²) in [5.41, 5.74) is 1.08. The number of esters is 1. The highest BCUT2D eigenvalue weighted by Gasteiger charge is 2.28. The van der Waals surface area contributed by atoms with Crippen LogP contribution in [-0.2, 0) is 9.53 Å². The highest BCUT2D eigenvalue weighted by atomic mass is 32.2. The summed E-state index contributed by atoms with van der Waals surface area (Å²) in [5.74, 6) is 4.85. The van der Waals surface area contributed by atoms with Crippen LogP contribution in [0.25, 0.3) is 11.4 Å². The summed E-state index contributed by atoms with van der Waals surface area (Å²) >= 11 is 2.02. The van der Waals surface area contributed by atoms with E-state index in [2.05, 4.69) is 20.3 Å². The number of carbonyl (C=O) groups is 3. The molecule has 3 aromatic rings. The van der Waals surface area contributed by atoms with Crippen molar-refractivity contribution in [1.82, 2.24) is 19.8 Å². The first-order valence-electron chi connectivity index (χ1n) is 11.9. The van der Waals surface area contributed by atoms with E-state index >= 15 is 0 Å². The van der Waals surface area contributed by atoms with Crippen LogP contribution < -0.4 is 15.9 Å². The lowest BCUT2D eigenvalue weighted by atomic mass is 10.1. The fourth-order valence-corrected chi connectivity index (χ4v) is 5.40. The van der Waals surface area contributed by atoms with Crippen molar-refractivity contribution in [3.8, 4) is 17.1 Å². The minimum atomic E-state index is -2.94. The molecule has 0 saturated carbocycles. The maximum absolute atomic E-state index is 13.0. The molecule has 0 atom stereocenters. The summed E-state index contributed by atoms with van der Waals surface area (Å²) in [5, 5.41) is 11.1. The molecule has 210 valence electrons. The van der Waals surface area contributed by atoms with Crippen LogP contribution in [0, 0.1) is 6.92 Å². The highest BCUT2D eigenvalue weighted by Crippen LogP contribution is 2.35. The van der Waals surface area contributed by atoms with Crippen molar-refractivity contribution >= 4 is 45.9 Å². The number of carbonyl (C=O) groups excluding carboxylic acids is 3. The number of thioether (sulfide) groups is 1. The number of nitrogens with one attached hydrogen (secondary N) is 1. The van der Waals surface area contributed by atoms with E-state index in [4.69, 9.17) is 10.6 Å². The number of alkyl halides is 2. The van der Waals surface area contributed by atoms with Crippen molar-refractivity contribution in [3.05, 3.63) is 40.3 Å². The fraction of sp³-hybridized carbons (Fsp3) is 0.375. The molecule has 2 heterocycles. The van der Waals surface area contributed by atoms with E-state index in [-0.39, 0.29) is 45.6 Å². The van der Waals surface area contributed by atoms with E-state index in [0.717, 1.165) is 23.1 Å². The molecular formula is C24H28F2N6O5S2. The zero-order chi connectivity index (χ0) is 28.7. The topological polar surface area (TPSA) is 142 Å². The number of hydrogen-bond acceptors (Lipinski definition) is 10. The predicted molar refractivity (Wildman–Crippen MR) is 144 cm³/mol. The highest BCUT2D eigenvalue weighted by molar-refractivity contribution is 7.99. The van der Waals surface area contributed by atoms with Crippen LogP contribution in [0.5, 0.6) is 5.75 Å². The maximum atomic E-state index is 13.0. The molecule has 0 spiro atoms. The van der Waals surface area contributed by atoms with Crippen molar-refractivity contribution in [1.29, 1.82) is 0 Å². The average molecular weight is 583 g/mol. The number of aromatic nitrogens is 3. The number of nitrogen functional groups attached to an aromatic ring is 1.